The van der Waals surface area contributed by atoms with E-state index in [0.717, 1.165) is 6.42 Å². The lowest BCUT2D eigenvalue weighted by Crippen LogP contribution is -2.43. The number of sulfonamides is 1. The van der Waals surface area contributed by atoms with Crippen LogP contribution in [0.3, 0.4) is 0 Å². The largest absolute Gasteiger partial charge is 0.246 e. The number of rotatable bonds is 2. The molecule has 0 spiro atoms. The summed E-state index contributed by atoms with van der Waals surface area (Å²) in [5, 5.41) is 0.267. The zero-order chi connectivity index (χ0) is 15.1. The van der Waals surface area contributed by atoms with Crippen LogP contribution in [0.15, 0.2) is 21.5 Å². The maximum atomic E-state index is 12.7. The van der Waals surface area contributed by atoms with Crippen LogP contribution in [0.4, 0.5) is 0 Å². The Morgan fingerprint density at radius 2 is 1.85 bits per heavy atom. The molecule has 1 aromatic rings. The summed E-state index contributed by atoms with van der Waals surface area (Å²) < 4.78 is 27.5. The van der Waals surface area contributed by atoms with Gasteiger partial charge in [-0.1, -0.05) is 62.0 Å². The van der Waals surface area contributed by atoms with Crippen LogP contribution in [-0.2, 0) is 10.0 Å². The van der Waals surface area contributed by atoms with Crippen molar-refractivity contribution in [1.29, 1.82) is 0 Å². The van der Waals surface area contributed by atoms with Crippen molar-refractivity contribution in [2.45, 2.75) is 23.1 Å². The quantitative estimate of drug-likeness (QED) is 0.601. The monoisotopic (exact) mass is 463 g/mol. The third-order valence-corrected chi connectivity index (χ3v) is 7.83. The highest BCUT2D eigenvalue weighted by molar-refractivity contribution is 9.10. The van der Waals surface area contributed by atoms with E-state index in [-0.39, 0.29) is 19.8 Å². The van der Waals surface area contributed by atoms with E-state index >= 15 is 0 Å². The summed E-state index contributed by atoms with van der Waals surface area (Å²) in [4.78, 5) is 0.123. The Bertz CT molecular complexity index is 601. The first kappa shape index (κ1) is 17.0. The molecule has 2 atom stereocenters. The zero-order valence-corrected chi connectivity index (χ0v) is 16.1. The lowest BCUT2D eigenvalue weighted by molar-refractivity contribution is 0.300. The first-order chi connectivity index (χ1) is 9.23. The van der Waals surface area contributed by atoms with E-state index in [9.17, 15) is 8.42 Å². The first-order valence-corrected chi connectivity index (χ1v) is 9.92. The van der Waals surface area contributed by atoms with E-state index in [1.165, 1.54) is 4.31 Å². The number of benzene rings is 1. The van der Waals surface area contributed by atoms with Gasteiger partial charge in [-0.05, 0) is 24.5 Å². The number of hydrogen-bond acceptors (Lipinski definition) is 2. The van der Waals surface area contributed by atoms with Gasteiger partial charge in [0.15, 0.2) is 0 Å². The van der Waals surface area contributed by atoms with Crippen molar-refractivity contribution in [2.24, 2.45) is 5.92 Å². The normalized spacial score (nSPS) is 24.9. The Balaban J connectivity index is 2.41. The van der Waals surface area contributed by atoms with Gasteiger partial charge < -0.3 is 0 Å². The molecule has 0 saturated carbocycles. The van der Waals surface area contributed by atoms with Crippen molar-refractivity contribution >= 4 is 65.1 Å². The summed E-state index contributed by atoms with van der Waals surface area (Å²) in [6.07, 6.45) is 0.806. The van der Waals surface area contributed by atoms with E-state index in [1.807, 2.05) is 0 Å². The van der Waals surface area contributed by atoms with Crippen molar-refractivity contribution in [3.63, 3.8) is 0 Å². The molecule has 1 aliphatic heterocycles. The molecule has 1 heterocycles. The number of piperidine rings is 1. The molecule has 0 aromatic heterocycles. The standard InChI is InChI=1S/C12H13Br2Cl2NO2S/c1-7-2-3-17(6-9(7)14)20(18,19)12-10(15)4-8(13)5-11(12)16/h4-5,7,9H,2-3,6H2,1H3. The minimum atomic E-state index is -3.68. The second-order valence-electron chi connectivity index (χ2n) is 4.84. The molecule has 2 unspecified atom stereocenters. The zero-order valence-electron chi connectivity index (χ0n) is 10.6. The van der Waals surface area contributed by atoms with Crippen molar-refractivity contribution in [1.82, 2.24) is 4.31 Å². The van der Waals surface area contributed by atoms with Gasteiger partial charge in [0.1, 0.15) is 4.90 Å². The average molecular weight is 466 g/mol. The molecule has 8 heteroatoms. The van der Waals surface area contributed by atoms with Crippen LogP contribution < -0.4 is 0 Å². The molecule has 20 heavy (non-hydrogen) atoms. The smallest absolute Gasteiger partial charge is 0.207 e. The lowest BCUT2D eigenvalue weighted by atomic mass is 10.0. The van der Waals surface area contributed by atoms with Gasteiger partial charge in [-0.25, -0.2) is 8.42 Å². The van der Waals surface area contributed by atoms with Gasteiger partial charge in [-0.3, -0.25) is 0 Å². The molecular formula is C12H13Br2Cl2NO2S. The molecule has 0 amide bonds. The molecular weight excluding hydrogens is 453 g/mol. The van der Waals surface area contributed by atoms with Gasteiger partial charge in [-0.15, -0.1) is 0 Å². The molecule has 0 N–H and O–H groups in total. The van der Waals surface area contributed by atoms with Gasteiger partial charge in [0.05, 0.1) is 10.0 Å². The fourth-order valence-electron chi connectivity index (χ4n) is 2.12. The highest BCUT2D eigenvalue weighted by Crippen LogP contribution is 2.36. The predicted octanol–water partition coefficient (Wildman–Crippen LogP) is 4.55. The Morgan fingerprint density at radius 3 is 2.35 bits per heavy atom. The van der Waals surface area contributed by atoms with Gasteiger partial charge in [0.2, 0.25) is 10.0 Å². The van der Waals surface area contributed by atoms with E-state index in [4.69, 9.17) is 23.2 Å². The van der Waals surface area contributed by atoms with Crippen LogP contribution in [0.1, 0.15) is 13.3 Å². The molecule has 112 valence electrons. The third-order valence-electron chi connectivity index (χ3n) is 3.39. The molecule has 1 fully saturated rings. The molecule has 3 nitrogen and oxygen atoms in total. The SMILES string of the molecule is CC1CCN(S(=O)(=O)c2c(Cl)cc(Br)cc2Cl)CC1Br. The fourth-order valence-corrected chi connectivity index (χ4v) is 6.29. The van der Waals surface area contributed by atoms with E-state index in [1.54, 1.807) is 12.1 Å². The van der Waals surface area contributed by atoms with Crippen molar-refractivity contribution in [3.05, 3.63) is 26.7 Å². The number of nitrogens with zero attached hydrogens (tertiary/aromatic N) is 1. The highest BCUT2D eigenvalue weighted by Gasteiger charge is 2.35. The Hall–Kier alpha value is 0.670. The van der Waals surface area contributed by atoms with Crippen LogP contribution in [-0.4, -0.2) is 30.6 Å². The lowest BCUT2D eigenvalue weighted by Gasteiger charge is -2.33. The third kappa shape index (κ3) is 3.36. The van der Waals surface area contributed by atoms with Crippen LogP contribution >= 0.6 is 55.1 Å². The molecule has 0 aliphatic carbocycles. The van der Waals surface area contributed by atoms with Gasteiger partial charge in [0.25, 0.3) is 0 Å². The maximum Gasteiger partial charge on any atom is 0.246 e. The Kier molecular flexibility index (Phi) is 5.47. The molecule has 2 rings (SSSR count). The Morgan fingerprint density at radius 1 is 1.30 bits per heavy atom. The van der Waals surface area contributed by atoms with E-state index < -0.39 is 10.0 Å². The molecule has 0 bridgehead atoms. The predicted molar refractivity (Wildman–Crippen MR) is 89.4 cm³/mol. The molecule has 1 aromatic carbocycles. The minimum absolute atomic E-state index is 0.0155. The molecule has 1 aliphatic rings. The van der Waals surface area contributed by atoms with Crippen LogP contribution in [0.25, 0.3) is 0 Å². The second kappa shape index (κ2) is 6.42. The van der Waals surface area contributed by atoms with Crippen molar-refractivity contribution < 1.29 is 8.42 Å². The number of hydrogen-bond donors (Lipinski definition) is 0. The summed E-state index contributed by atoms with van der Waals surface area (Å²) >= 11 is 18.9. The average Bonchev–Trinajstić information content (AvgIpc) is 2.30. The summed E-state index contributed by atoms with van der Waals surface area (Å²) in [6, 6.07) is 3.08. The van der Waals surface area contributed by atoms with Crippen LogP contribution in [0, 0.1) is 5.92 Å². The van der Waals surface area contributed by atoms with Crippen molar-refractivity contribution in [2.75, 3.05) is 13.1 Å². The fraction of sp³-hybridized carbons (Fsp3) is 0.500. The molecule has 1 saturated heterocycles. The highest BCUT2D eigenvalue weighted by atomic mass is 79.9. The van der Waals surface area contributed by atoms with Crippen LogP contribution in [0.2, 0.25) is 10.0 Å². The minimum Gasteiger partial charge on any atom is -0.207 e. The van der Waals surface area contributed by atoms with E-state index in [0.29, 0.717) is 23.5 Å². The summed E-state index contributed by atoms with van der Waals surface area (Å²) in [6.45, 7) is 3.00. The van der Waals surface area contributed by atoms with Gasteiger partial charge in [-0.2, -0.15) is 4.31 Å². The van der Waals surface area contributed by atoms with Gasteiger partial charge in [0, 0.05) is 22.4 Å². The number of alkyl halides is 1. The Labute approximate surface area is 145 Å². The summed E-state index contributed by atoms with van der Waals surface area (Å²) in [7, 11) is -3.68. The first-order valence-electron chi connectivity index (χ1n) is 6.02. The maximum absolute atomic E-state index is 12.7. The second-order valence-corrected chi connectivity index (χ2v) is 9.62. The number of halogens is 4. The molecule has 0 radical (unpaired) electrons. The summed E-state index contributed by atoms with van der Waals surface area (Å²) in [5.41, 5.74) is 0. The van der Waals surface area contributed by atoms with Crippen LogP contribution in [0.5, 0.6) is 0 Å². The van der Waals surface area contributed by atoms with E-state index in [2.05, 4.69) is 38.8 Å². The van der Waals surface area contributed by atoms with Crippen molar-refractivity contribution in [3.8, 4) is 0 Å². The summed E-state index contributed by atoms with van der Waals surface area (Å²) in [5.74, 6) is 0.442. The van der Waals surface area contributed by atoms with Gasteiger partial charge >= 0.3 is 0 Å². The topological polar surface area (TPSA) is 37.4 Å².